The van der Waals surface area contributed by atoms with Crippen molar-refractivity contribution in [3.8, 4) is 11.5 Å². The first kappa shape index (κ1) is 9.99. The molecule has 0 saturated carbocycles. The minimum atomic E-state index is 0.207. The second kappa shape index (κ2) is 3.99. The van der Waals surface area contributed by atoms with E-state index in [0.29, 0.717) is 0 Å². The van der Waals surface area contributed by atoms with Crippen molar-refractivity contribution in [1.82, 2.24) is 14.5 Å². The van der Waals surface area contributed by atoms with E-state index in [1.54, 1.807) is 17.5 Å². The first-order chi connectivity index (χ1) is 7.84. The molecule has 16 heavy (non-hydrogen) atoms. The molecule has 0 amide bonds. The quantitative estimate of drug-likeness (QED) is 0.802. The number of ether oxygens (including phenoxy) is 1. The number of rotatable bonds is 2. The third-order valence-electron chi connectivity index (χ3n) is 2.78. The van der Waals surface area contributed by atoms with Gasteiger partial charge in [-0.15, -0.1) is 11.3 Å². The van der Waals surface area contributed by atoms with E-state index < -0.39 is 0 Å². The van der Waals surface area contributed by atoms with Gasteiger partial charge < -0.3 is 9.30 Å². The summed E-state index contributed by atoms with van der Waals surface area (Å²) < 4.78 is 7.60. The molecule has 1 fully saturated rings. The van der Waals surface area contributed by atoms with Gasteiger partial charge in [0.2, 0.25) is 0 Å². The average Bonchev–Trinajstić information content (AvgIpc) is 2.96. The molecule has 1 aliphatic heterocycles. The lowest BCUT2D eigenvalue weighted by Crippen LogP contribution is -1.96. The van der Waals surface area contributed by atoms with Crippen LogP contribution in [-0.2, 0) is 11.8 Å². The summed E-state index contributed by atoms with van der Waals surface area (Å²) in [4.78, 5) is 8.90. The first-order valence-electron chi connectivity index (χ1n) is 5.39. The molecule has 4 nitrogen and oxygen atoms in total. The van der Waals surface area contributed by atoms with Crippen LogP contribution in [0.1, 0.15) is 24.0 Å². The standard InChI is InChI=1S/C11H13N3OS/c1-14-5-4-12-10(14)8-7-16-11(13-8)9-3-2-6-15-9/h4-5,7,9H,2-3,6H2,1H3/t9-/m1/s1. The highest BCUT2D eigenvalue weighted by Gasteiger charge is 2.21. The molecular formula is C11H13N3OS. The van der Waals surface area contributed by atoms with Crippen LogP contribution in [0.5, 0.6) is 0 Å². The van der Waals surface area contributed by atoms with Gasteiger partial charge in [0, 0.05) is 31.4 Å². The van der Waals surface area contributed by atoms with E-state index in [2.05, 4.69) is 15.3 Å². The molecule has 0 spiro atoms. The Hall–Kier alpha value is -1.20. The van der Waals surface area contributed by atoms with Gasteiger partial charge in [-0.1, -0.05) is 0 Å². The molecule has 0 aromatic carbocycles. The highest BCUT2D eigenvalue weighted by molar-refractivity contribution is 7.10. The summed E-state index contributed by atoms with van der Waals surface area (Å²) in [5.74, 6) is 0.917. The Morgan fingerprint density at radius 2 is 2.50 bits per heavy atom. The SMILES string of the molecule is Cn1ccnc1-c1csc([C@H]2CCCO2)n1. The molecule has 1 aliphatic rings. The third kappa shape index (κ3) is 1.66. The van der Waals surface area contributed by atoms with Gasteiger partial charge in [-0.3, -0.25) is 0 Å². The fourth-order valence-corrected chi connectivity index (χ4v) is 2.80. The predicted octanol–water partition coefficient (Wildman–Crippen LogP) is 2.40. The van der Waals surface area contributed by atoms with E-state index >= 15 is 0 Å². The Balaban J connectivity index is 1.90. The number of hydrogen-bond donors (Lipinski definition) is 0. The van der Waals surface area contributed by atoms with Crippen molar-refractivity contribution in [3.63, 3.8) is 0 Å². The van der Waals surface area contributed by atoms with Gasteiger partial charge in [-0.05, 0) is 12.8 Å². The molecule has 2 aromatic heterocycles. The summed E-state index contributed by atoms with van der Waals surface area (Å²) in [6.07, 6.45) is 6.16. The Kier molecular flexibility index (Phi) is 2.49. The van der Waals surface area contributed by atoms with Crippen molar-refractivity contribution >= 4 is 11.3 Å². The molecule has 84 valence electrons. The Morgan fingerprint density at radius 1 is 1.56 bits per heavy atom. The zero-order valence-corrected chi connectivity index (χ0v) is 9.91. The summed E-state index contributed by atoms with van der Waals surface area (Å²) in [6.45, 7) is 0.863. The van der Waals surface area contributed by atoms with Crippen molar-refractivity contribution < 1.29 is 4.74 Å². The number of thiazole rings is 1. The lowest BCUT2D eigenvalue weighted by Gasteiger charge is -2.03. The van der Waals surface area contributed by atoms with Gasteiger partial charge in [-0.25, -0.2) is 9.97 Å². The fraction of sp³-hybridized carbons (Fsp3) is 0.455. The van der Waals surface area contributed by atoms with Crippen LogP contribution in [0.3, 0.4) is 0 Å². The molecule has 5 heteroatoms. The molecule has 3 heterocycles. The van der Waals surface area contributed by atoms with Gasteiger partial charge in [0.1, 0.15) is 16.8 Å². The van der Waals surface area contributed by atoms with Gasteiger partial charge in [-0.2, -0.15) is 0 Å². The van der Waals surface area contributed by atoms with Crippen LogP contribution in [0, 0.1) is 0 Å². The van der Waals surface area contributed by atoms with Crippen molar-refractivity contribution in [2.75, 3.05) is 6.61 Å². The lowest BCUT2D eigenvalue weighted by atomic mass is 10.2. The van der Waals surface area contributed by atoms with Crippen LogP contribution >= 0.6 is 11.3 Å². The monoisotopic (exact) mass is 235 g/mol. The number of hydrogen-bond acceptors (Lipinski definition) is 4. The Morgan fingerprint density at radius 3 is 3.19 bits per heavy atom. The molecular weight excluding hydrogens is 222 g/mol. The highest BCUT2D eigenvalue weighted by atomic mass is 32.1. The van der Waals surface area contributed by atoms with E-state index in [4.69, 9.17) is 4.74 Å². The van der Waals surface area contributed by atoms with E-state index in [1.165, 1.54) is 0 Å². The second-order valence-corrected chi connectivity index (χ2v) is 4.82. The van der Waals surface area contributed by atoms with E-state index in [9.17, 15) is 0 Å². The maximum absolute atomic E-state index is 5.62. The molecule has 0 aliphatic carbocycles. The molecule has 2 aromatic rings. The molecule has 0 radical (unpaired) electrons. The summed E-state index contributed by atoms with van der Waals surface area (Å²) >= 11 is 1.66. The normalized spacial score (nSPS) is 20.4. The summed E-state index contributed by atoms with van der Waals surface area (Å²) in [7, 11) is 1.98. The zero-order chi connectivity index (χ0) is 11.0. The van der Waals surface area contributed by atoms with Crippen LogP contribution in [0.25, 0.3) is 11.5 Å². The van der Waals surface area contributed by atoms with Gasteiger partial charge in [0.05, 0.1) is 0 Å². The summed E-state index contributed by atoms with van der Waals surface area (Å²) in [5, 5.41) is 3.13. The maximum Gasteiger partial charge on any atom is 0.159 e. The average molecular weight is 235 g/mol. The van der Waals surface area contributed by atoms with E-state index in [0.717, 1.165) is 36.0 Å². The number of aromatic nitrogens is 3. The lowest BCUT2D eigenvalue weighted by molar-refractivity contribution is 0.112. The van der Waals surface area contributed by atoms with Crippen molar-refractivity contribution in [2.45, 2.75) is 18.9 Å². The minimum absolute atomic E-state index is 0.207. The Labute approximate surface area is 97.9 Å². The molecule has 0 unspecified atom stereocenters. The molecule has 1 saturated heterocycles. The number of imidazole rings is 1. The number of nitrogens with zero attached hydrogens (tertiary/aromatic N) is 3. The van der Waals surface area contributed by atoms with Gasteiger partial charge in [0.25, 0.3) is 0 Å². The van der Waals surface area contributed by atoms with Crippen LogP contribution in [0.15, 0.2) is 17.8 Å². The van der Waals surface area contributed by atoms with Crippen LogP contribution in [0.4, 0.5) is 0 Å². The number of aryl methyl sites for hydroxylation is 1. The Bertz CT molecular complexity index is 485. The fourth-order valence-electron chi connectivity index (χ4n) is 1.92. The van der Waals surface area contributed by atoms with E-state index in [1.807, 2.05) is 17.8 Å². The molecule has 1 atom stereocenters. The van der Waals surface area contributed by atoms with Crippen LogP contribution in [0.2, 0.25) is 0 Å². The van der Waals surface area contributed by atoms with Gasteiger partial charge in [0.15, 0.2) is 5.82 Å². The first-order valence-corrected chi connectivity index (χ1v) is 6.27. The summed E-state index contributed by atoms with van der Waals surface area (Å²) in [5.41, 5.74) is 0.947. The maximum atomic E-state index is 5.62. The van der Waals surface area contributed by atoms with Crippen LogP contribution < -0.4 is 0 Å². The van der Waals surface area contributed by atoms with E-state index in [-0.39, 0.29) is 6.10 Å². The third-order valence-corrected chi connectivity index (χ3v) is 3.71. The molecule has 3 rings (SSSR count). The minimum Gasteiger partial charge on any atom is -0.371 e. The van der Waals surface area contributed by atoms with Gasteiger partial charge >= 0.3 is 0 Å². The smallest absolute Gasteiger partial charge is 0.159 e. The zero-order valence-electron chi connectivity index (χ0n) is 9.09. The van der Waals surface area contributed by atoms with Crippen molar-refractivity contribution in [3.05, 3.63) is 22.8 Å². The summed E-state index contributed by atoms with van der Waals surface area (Å²) in [6, 6.07) is 0. The van der Waals surface area contributed by atoms with Crippen molar-refractivity contribution in [1.29, 1.82) is 0 Å². The molecule has 0 N–H and O–H groups in total. The highest BCUT2D eigenvalue weighted by Crippen LogP contribution is 2.32. The predicted molar refractivity (Wildman–Crippen MR) is 62.2 cm³/mol. The van der Waals surface area contributed by atoms with Crippen molar-refractivity contribution in [2.24, 2.45) is 7.05 Å². The molecule has 0 bridgehead atoms. The topological polar surface area (TPSA) is 39.9 Å². The largest absolute Gasteiger partial charge is 0.371 e. The van der Waals surface area contributed by atoms with Crippen LogP contribution in [-0.4, -0.2) is 21.1 Å². The second-order valence-electron chi connectivity index (χ2n) is 3.93.